The van der Waals surface area contributed by atoms with E-state index in [-0.39, 0.29) is 5.91 Å². The Kier molecular flexibility index (Phi) is 8.76. The second kappa shape index (κ2) is 10.4. The summed E-state index contributed by atoms with van der Waals surface area (Å²) in [5, 5.41) is 3.01. The molecule has 0 spiro atoms. The normalized spacial score (nSPS) is 13.7. The fraction of sp³-hybridized carbons (Fsp3) is 0.611. The number of rotatable bonds is 10. The molecule has 1 aromatic rings. The maximum atomic E-state index is 12.0. The van der Waals surface area contributed by atoms with Gasteiger partial charge < -0.3 is 11.1 Å². The summed E-state index contributed by atoms with van der Waals surface area (Å²) in [6, 6.07) is 9.76. The van der Waals surface area contributed by atoms with Crippen molar-refractivity contribution in [2.24, 2.45) is 11.7 Å². The van der Waals surface area contributed by atoms with E-state index in [1.807, 2.05) is 18.2 Å². The molecule has 21 heavy (non-hydrogen) atoms. The van der Waals surface area contributed by atoms with Crippen LogP contribution in [0.25, 0.3) is 0 Å². The average Bonchev–Trinajstić information content (AvgIpc) is 2.53. The van der Waals surface area contributed by atoms with Gasteiger partial charge in [-0.1, -0.05) is 63.4 Å². The number of nitrogens with two attached hydrogens (primary N) is 1. The molecule has 1 aromatic carbocycles. The first-order valence-corrected chi connectivity index (χ1v) is 8.24. The maximum absolute atomic E-state index is 12.0. The second-order valence-corrected chi connectivity index (χ2v) is 5.79. The lowest BCUT2D eigenvalue weighted by molar-refractivity contribution is -0.122. The molecule has 118 valence electrons. The van der Waals surface area contributed by atoms with Gasteiger partial charge in [0.1, 0.15) is 0 Å². The standard InChI is InChI=1S/C18H30N2O/c1-3-5-9-15(4-2)14-20-18(21)17(19)13-12-16-10-7-6-8-11-16/h6-8,10-11,15,17H,3-5,9,12-14,19H2,1-2H3,(H,20,21)/t15?,17-/m0/s1. The van der Waals surface area contributed by atoms with Gasteiger partial charge in [0.05, 0.1) is 6.04 Å². The molecule has 0 aliphatic heterocycles. The lowest BCUT2D eigenvalue weighted by atomic mass is 9.99. The zero-order chi connectivity index (χ0) is 15.5. The van der Waals surface area contributed by atoms with Gasteiger partial charge in [-0.3, -0.25) is 4.79 Å². The molecule has 0 aliphatic rings. The number of nitrogens with one attached hydrogen (secondary N) is 1. The van der Waals surface area contributed by atoms with Gasteiger partial charge in [-0.2, -0.15) is 0 Å². The number of carbonyl (C=O) groups is 1. The second-order valence-electron chi connectivity index (χ2n) is 5.79. The van der Waals surface area contributed by atoms with Crippen molar-refractivity contribution < 1.29 is 4.79 Å². The summed E-state index contributed by atoms with van der Waals surface area (Å²) in [4.78, 5) is 12.0. The van der Waals surface area contributed by atoms with E-state index in [0.29, 0.717) is 12.3 Å². The third-order valence-corrected chi connectivity index (χ3v) is 4.03. The van der Waals surface area contributed by atoms with Gasteiger partial charge in [-0.15, -0.1) is 0 Å². The Labute approximate surface area is 129 Å². The van der Waals surface area contributed by atoms with Crippen LogP contribution in [0.3, 0.4) is 0 Å². The molecule has 0 saturated heterocycles. The molecule has 0 saturated carbocycles. The molecule has 1 amide bonds. The number of hydrogen-bond donors (Lipinski definition) is 2. The first kappa shape index (κ1) is 17.7. The summed E-state index contributed by atoms with van der Waals surface area (Å²) in [7, 11) is 0. The monoisotopic (exact) mass is 290 g/mol. The fourth-order valence-electron chi connectivity index (χ4n) is 2.42. The summed E-state index contributed by atoms with van der Waals surface area (Å²) in [5.74, 6) is 0.566. The fourth-order valence-corrected chi connectivity index (χ4v) is 2.42. The summed E-state index contributed by atoms with van der Waals surface area (Å²) in [6.45, 7) is 5.14. The lowest BCUT2D eigenvalue weighted by Crippen LogP contribution is -2.42. The van der Waals surface area contributed by atoms with Gasteiger partial charge >= 0.3 is 0 Å². The molecule has 3 N–H and O–H groups in total. The summed E-state index contributed by atoms with van der Waals surface area (Å²) in [5.41, 5.74) is 7.21. The molecule has 0 aromatic heterocycles. The van der Waals surface area contributed by atoms with Gasteiger partial charge in [-0.25, -0.2) is 0 Å². The van der Waals surface area contributed by atoms with Gasteiger partial charge in [0.15, 0.2) is 0 Å². The van der Waals surface area contributed by atoms with Crippen molar-refractivity contribution in [3.8, 4) is 0 Å². The first-order valence-electron chi connectivity index (χ1n) is 8.24. The largest absolute Gasteiger partial charge is 0.354 e. The highest BCUT2D eigenvalue weighted by Crippen LogP contribution is 2.11. The first-order chi connectivity index (χ1) is 10.2. The van der Waals surface area contributed by atoms with Gasteiger partial charge in [0, 0.05) is 6.54 Å². The zero-order valence-electron chi connectivity index (χ0n) is 13.5. The van der Waals surface area contributed by atoms with Crippen LogP contribution in [0.5, 0.6) is 0 Å². The molecular weight excluding hydrogens is 260 g/mol. The van der Waals surface area contributed by atoms with Crippen LogP contribution in [0.2, 0.25) is 0 Å². The van der Waals surface area contributed by atoms with Crippen LogP contribution in [-0.4, -0.2) is 18.5 Å². The van der Waals surface area contributed by atoms with Crippen molar-refractivity contribution in [1.82, 2.24) is 5.32 Å². The van der Waals surface area contributed by atoms with Gasteiger partial charge in [-0.05, 0) is 30.7 Å². The number of benzene rings is 1. The number of hydrogen-bond acceptors (Lipinski definition) is 2. The maximum Gasteiger partial charge on any atom is 0.236 e. The minimum absolute atomic E-state index is 0.0131. The Bertz CT molecular complexity index is 391. The summed E-state index contributed by atoms with van der Waals surface area (Å²) in [6.07, 6.45) is 6.28. The van der Waals surface area contributed by atoms with Crippen molar-refractivity contribution in [3.05, 3.63) is 35.9 Å². The molecular formula is C18H30N2O. The van der Waals surface area contributed by atoms with Crippen LogP contribution in [0.1, 0.15) is 51.5 Å². The predicted molar refractivity (Wildman–Crippen MR) is 89.1 cm³/mol. The summed E-state index contributed by atoms with van der Waals surface area (Å²) >= 11 is 0. The van der Waals surface area contributed by atoms with E-state index in [9.17, 15) is 4.79 Å². The molecule has 1 unspecified atom stereocenters. The van der Waals surface area contributed by atoms with E-state index in [1.165, 1.54) is 24.8 Å². The number of amides is 1. The van der Waals surface area contributed by atoms with Crippen LogP contribution >= 0.6 is 0 Å². The van der Waals surface area contributed by atoms with E-state index in [1.54, 1.807) is 0 Å². The molecule has 0 fully saturated rings. The Morgan fingerprint density at radius 1 is 1.19 bits per heavy atom. The van der Waals surface area contributed by atoms with Crippen molar-refractivity contribution in [1.29, 1.82) is 0 Å². The number of carbonyl (C=O) groups excluding carboxylic acids is 1. The smallest absolute Gasteiger partial charge is 0.236 e. The van der Waals surface area contributed by atoms with Crippen LogP contribution < -0.4 is 11.1 Å². The van der Waals surface area contributed by atoms with Crippen molar-refractivity contribution >= 4 is 5.91 Å². The Morgan fingerprint density at radius 2 is 1.90 bits per heavy atom. The molecule has 0 aliphatic carbocycles. The van der Waals surface area contributed by atoms with Crippen LogP contribution in [0, 0.1) is 5.92 Å². The third-order valence-electron chi connectivity index (χ3n) is 4.03. The highest BCUT2D eigenvalue weighted by atomic mass is 16.2. The lowest BCUT2D eigenvalue weighted by Gasteiger charge is -2.17. The van der Waals surface area contributed by atoms with Gasteiger partial charge in [0.2, 0.25) is 5.91 Å². The van der Waals surface area contributed by atoms with Crippen LogP contribution in [0.4, 0.5) is 0 Å². The van der Waals surface area contributed by atoms with Crippen LogP contribution in [-0.2, 0) is 11.2 Å². The molecule has 0 heterocycles. The van der Waals surface area contributed by atoms with Crippen molar-refractivity contribution in [3.63, 3.8) is 0 Å². The zero-order valence-corrected chi connectivity index (χ0v) is 13.5. The predicted octanol–water partition coefficient (Wildman–Crippen LogP) is 3.28. The molecule has 0 radical (unpaired) electrons. The highest BCUT2D eigenvalue weighted by molar-refractivity contribution is 5.81. The van der Waals surface area contributed by atoms with E-state index in [0.717, 1.165) is 19.4 Å². The van der Waals surface area contributed by atoms with Gasteiger partial charge in [0.25, 0.3) is 0 Å². The molecule has 3 heteroatoms. The summed E-state index contributed by atoms with van der Waals surface area (Å²) < 4.78 is 0. The average molecular weight is 290 g/mol. The van der Waals surface area contributed by atoms with E-state index in [2.05, 4.69) is 31.3 Å². The number of aryl methyl sites for hydroxylation is 1. The molecule has 0 bridgehead atoms. The highest BCUT2D eigenvalue weighted by Gasteiger charge is 2.14. The van der Waals surface area contributed by atoms with E-state index >= 15 is 0 Å². The molecule has 2 atom stereocenters. The Morgan fingerprint density at radius 3 is 2.52 bits per heavy atom. The molecule has 3 nitrogen and oxygen atoms in total. The Hall–Kier alpha value is -1.35. The van der Waals surface area contributed by atoms with Crippen molar-refractivity contribution in [2.75, 3.05) is 6.54 Å². The minimum atomic E-state index is -0.408. The SMILES string of the molecule is CCCCC(CC)CNC(=O)[C@@H](N)CCc1ccccc1. The third kappa shape index (κ3) is 7.28. The minimum Gasteiger partial charge on any atom is -0.354 e. The topological polar surface area (TPSA) is 55.1 Å². The van der Waals surface area contributed by atoms with Crippen molar-refractivity contribution in [2.45, 2.75) is 58.4 Å². The molecule has 1 rings (SSSR count). The number of unbranched alkanes of at least 4 members (excludes halogenated alkanes) is 1. The van der Waals surface area contributed by atoms with E-state index < -0.39 is 6.04 Å². The van der Waals surface area contributed by atoms with Crippen LogP contribution in [0.15, 0.2) is 30.3 Å². The quantitative estimate of drug-likeness (QED) is 0.695. The van der Waals surface area contributed by atoms with E-state index in [4.69, 9.17) is 5.73 Å². The Balaban J connectivity index is 2.27.